The first kappa shape index (κ1) is 12.5. The molecule has 0 unspecified atom stereocenters. The molecule has 0 spiro atoms. The van der Waals surface area contributed by atoms with Gasteiger partial charge in [0.15, 0.2) is 0 Å². The van der Waals surface area contributed by atoms with Gasteiger partial charge in [0.05, 0.1) is 0 Å². The summed E-state index contributed by atoms with van der Waals surface area (Å²) in [7, 11) is 2.07. The highest BCUT2D eigenvalue weighted by molar-refractivity contribution is 14.1. The van der Waals surface area contributed by atoms with Gasteiger partial charge in [0, 0.05) is 22.3 Å². The molecule has 16 heavy (non-hydrogen) atoms. The van der Waals surface area contributed by atoms with Crippen molar-refractivity contribution in [3.63, 3.8) is 0 Å². The van der Waals surface area contributed by atoms with Gasteiger partial charge in [-0.15, -0.1) is 0 Å². The van der Waals surface area contributed by atoms with E-state index in [0.717, 1.165) is 9.26 Å². The number of benzene rings is 1. The maximum Gasteiger partial charge on any atom is 0.126 e. The zero-order valence-electron chi connectivity index (χ0n) is 9.25. The van der Waals surface area contributed by atoms with Crippen molar-refractivity contribution in [1.82, 2.24) is 0 Å². The normalized spacial score (nSPS) is 17.4. The van der Waals surface area contributed by atoms with Crippen molar-refractivity contribution in [2.75, 3.05) is 23.5 Å². The van der Waals surface area contributed by atoms with Crippen LogP contribution in [0, 0.1) is 9.39 Å². The van der Waals surface area contributed by atoms with Crippen LogP contribution in [0.25, 0.3) is 0 Å². The molecule has 0 atom stereocenters. The molecule has 88 valence electrons. The van der Waals surface area contributed by atoms with Crippen LogP contribution in [0.2, 0.25) is 0 Å². The summed E-state index contributed by atoms with van der Waals surface area (Å²) in [5.41, 5.74) is 1.00. The lowest BCUT2D eigenvalue weighted by Crippen LogP contribution is -2.34. The van der Waals surface area contributed by atoms with E-state index >= 15 is 0 Å². The maximum absolute atomic E-state index is 13.3. The lowest BCUT2D eigenvalue weighted by atomic mass is 10.1. The van der Waals surface area contributed by atoms with Crippen LogP contribution in [0.4, 0.5) is 10.1 Å². The first-order valence-corrected chi connectivity index (χ1v) is 7.67. The molecule has 1 aromatic carbocycles. The summed E-state index contributed by atoms with van der Waals surface area (Å²) in [5.74, 6) is 2.31. The van der Waals surface area contributed by atoms with Gasteiger partial charge in [-0.25, -0.2) is 4.39 Å². The first-order valence-electron chi connectivity index (χ1n) is 5.43. The van der Waals surface area contributed by atoms with Crippen LogP contribution in [0.3, 0.4) is 0 Å². The Bertz CT molecular complexity index is 346. The highest BCUT2D eigenvalue weighted by Gasteiger charge is 2.19. The van der Waals surface area contributed by atoms with Gasteiger partial charge < -0.3 is 4.90 Å². The fraction of sp³-hybridized carbons (Fsp3) is 0.500. The summed E-state index contributed by atoms with van der Waals surface area (Å²) >= 11 is 4.18. The summed E-state index contributed by atoms with van der Waals surface area (Å²) in [6.45, 7) is 0. The number of hydrogen-bond donors (Lipinski definition) is 0. The van der Waals surface area contributed by atoms with E-state index in [9.17, 15) is 4.39 Å². The van der Waals surface area contributed by atoms with E-state index in [2.05, 4.69) is 34.5 Å². The molecule has 1 aliphatic heterocycles. The van der Waals surface area contributed by atoms with Crippen molar-refractivity contribution in [3.8, 4) is 0 Å². The van der Waals surface area contributed by atoms with Gasteiger partial charge in [-0.1, -0.05) is 0 Å². The molecule has 0 aliphatic carbocycles. The minimum Gasteiger partial charge on any atom is -0.371 e. The van der Waals surface area contributed by atoms with Crippen LogP contribution in [0.5, 0.6) is 0 Å². The molecule has 0 radical (unpaired) electrons. The molecule has 1 nitrogen and oxygen atoms in total. The van der Waals surface area contributed by atoms with Crippen molar-refractivity contribution >= 4 is 40.0 Å². The van der Waals surface area contributed by atoms with Crippen LogP contribution in [-0.2, 0) is 0 Å². The zero-order chi connectivity index (χ0) is 11.5. The number of thioether (sulfide) groups is 1. The summed E-state index contributed by atoms with van der Waals surface area (Å²) < 4.78 is 14.3. The van der Waals surface area contributed by atoms with Crippen molar-refractivity contribution in [3.05, 3.63) is 27.6 Å². The van der Waals surface area contributed by atoms with Gasteiger partial charge >= 0.3 is 0 Å². The van der Waals surface area contributed by atoms with Crippen molar-refractivity contribution in [2.24, 2.45) is 0 Å². The summed E-state index contributed by atoms with van der Waals surface area (Å²) in [5, 5.41) is 0. The molecule has 0 saturated carbocycles. The number of hydrogen-bond acceptors (Lipinski definition) is 2. The molecule has 1 aromatic rings. The lowest BCUT2D eigenvalue weighted by molar-refractivity contribution is 0.583. The molecule has 2 rings (SSSR count). The molecule has 1 fully saturated rings. The smallest absolute Gasteiger partial charge is 0.126 e. The minimum atomic E-state index is -0.140. The minimum absolute atomic E-state index is 0.140. The number of anilines is 1. The Morgan fingerprint density at radius 3 is 2.62 bits per heavy atom. The second-order valence-electron chi connectivity index (χ2n) is 4.08. The fourth-order valence-electron chi connectivity index (χ4n) is 2.03. The number of nitrogens with zero attached hydrogens (tertiary/aromatic N) is 1. The highest BCUT2D eigenvalue weighted by Crippen LogP contribution is 2.26. The highest BCUT2D eigenvalue weighted by atomic mass is 127. The number of halogens is 2. The molecule has 1 heterocycles. The second kappa shape index (κ2) is 5.58. The molecule has 4 heteroatoms. The molecule has 1 saturated heterocycles. The van der Waals surface area contributed by atoms with Crippen molar-refractivity contribution < 1.29 is 4.39 Å². The van der Waals surface area contributed by atoms with Gasteiger partial charge in [-0.05, 0) is 65.1 Å². The average molecular weight is 351 g/mol. The van der Waals surface area contributed by atoms with Crippen molar-refractivity contribution in [1.29, 1.82) is 0 Å². The molecule has 0 bridgehead atoms. The Balaban J connectivity index is 2.15. The SMILES string of the molecule is CN(c1cc(F)cc(I)c1)C1CCSCC1. The van der Waals surface area contributed by atoms with Crippen LogP contribution in [0.15, 0.2) is 18.2 Å². The standard InChI is InChI=1S/C12H15FINS/c1-15(11-2-4-16-5-3-11)12-7-9(13)6-10(14)8-12/h6-8,11H,2-5H2,1H3. The average Bonchev–Trinajstić information content (AvgIpc) is 2.28. The van der Waals surface area contributed by atoms with E-state index in [1.165, 1.54) is 24.3 Å². The molecule has 0 aromatic heterocycles. The van der Waals surface area contributed by atoms with E-state index in [1.807, 2.05) is 17.8 Å². The predicted molar refractivity (Wildman–Crippen MR) is 77.9 cm³/mol. The third kappa shape index (κ3) is 3.03. The molecule has 1 aliphatic rings. The van der Waals surface area contributed by atoms with Crippen LogP contribution >= 0.6 is 34.4 Å². The van der Waals surface area contributed by atoms with E-state index in [0.29, 0.717) is 6.04 Å². The third-order valence-electron chi connectivity index (χ3n) is 2.99. The third-order valence-corrected chi connectivity index (χ3v) is 4.66. The van der Waals surface area contributed by atoms with Crippen LogP contribution < -0.4 is 4.90 Å². The zero-order valence-corrected chi connectivity index (χ0v) is 12.2. The largest absolute Gasteiger partial charge is 0.371 e. The number of rotatable bonds is 2. The first-order chi connectivity index (χ1) is 7.66. The van der Waals surface area contributed by atoms with Gasteiger partial charge in [-0.2, -0.15) is 11.8 Å². The molecule has 0 N–H and O–H groups in total. The summed E-state index contributed by atoms with van der Waals surface area (Å²) in [6, 6.07) is 5.81. The van der Waals surface area contributed by atoms with Gasteiger partial charge in [0.25, 0.3) is 0 Å². The Morgan fingerprint density at radius 1 is 1.31 bits per heavy atom. The van der Waals surface area contributed by atoms with Gasteiger partial charge in [-0.3, -0.25) is 0 Å². The molecular formula is C12H15FINS. The van der Waals surface area contributed by atoms with Crippen LogP contribution in [0.1, 0.15) is 12.8 Å². The summed E-state index contributed by atoms with van der Waals surface area (Å²) in [4.78, 5) is 2.23. The predicted octanol–water partition coefficient (Wildman–Crippen LogP) is 3.76. The molecular weight excluding hydrogens is 336 g/mol. The van der Waals surface area contributed by atoms with E-state index in [-0.39, 0.29) is 5.82 Å². The Hall–Kier alpha value is 0.0300. The Morgan fingerprint density at radius 2 is 2.00 bits per heavy atom. The van der Waals surface area contributed by atoms with Crippen molar-refractivity contribution in [2.45, 2.75) is 18.9 Å². The van der Waals surface area contributed by atoms with E-state index in [1.54, 1.807) is 12.1 Å². The maximum atomic E-state index is 13.3. The lowest BCUT2D eigenvalue weighted by Gasteiger charge is -2.32. The molecule has 0 amide bonds. The quantitative estimate of drug-likeness (QED) is 0.747. The Labute approximate surface area is 114 Å². The van der Waals surface area contributed by atoms with E-state index < -0.39 is 0 Å². The second-order valence-corrected chi connectivity index (χ2v) is 6.55. The van der Waals surface area contributed by atoms with Gasteiger partial charge in [0.2, 0.25) is 0 Å². The fourth-order valence-corrected chi connectivity index (χ4v) is 3.72. The summed E-state index contributed by atoms with van der Waals surface area (Å²) in [6.07, 6.45) is 2.41. The van der Waals surface area contributed by atoms with Gasteiger partial charge in [0.1, 0.15) is 5.82 Å². The topological polar surface area (TPSA) is 3.24 Å². The van der Waals surface area contributed by atoms with Crippen LogP contribution in [-0.4, -0.2) is 24.6 Å². The van der Waals surface area contributed by atoms with E-state index in [4.69, 9.17) is 0 Å². The monoisotopic (exact) mass is 351 g/mol. The Kier molecular flexibility index (Phi) is 4.35.